The van der Waals surface area contributed by atoms with Gasteiger partial charge >= 0.3 is 12.1 Å². The highest BCUT2D eigenvalue weighted by Gasteiger charge is 2.19. The summed E-state index contributed by atoms with van der Waals surface area (Å²) in [7, 11) is 0. The average Bonchev–Trinajstić information content (AvgIpc) is 2.42. The molecule has 0 aliphatic rings. The highest BCUT2D eigenvalue weighted by atomic mass is 16.6. The molecule has 0 radical (unpaired) electrons. The molecule has 0 aromatic heterocycles. The topological polar surface area (TPSA) is 107 Å². The van der Waals surface area contributed by atoms with Crippen LogP contribution in [0.2, 0.25) is 0 Å². The first-order valence-electron chi connectivity index (χ1n) is 7.53. The van der Waals surface area contributed by atoms with Crippen LogP contribution in [0.3, 0.4) is 0 Å². The Morgan fingerprint density at radius 2 is 1.78 bits per heavy atom. The predicted molar refractivity (Wildman–Crippen MR) is 83.1 cm³/mol. The van der Waals surface area contributed by atoms with Gasteiger partial charge in [-0.25, -0.2) is 9.59 Å². The molecule has 23 heavy (non-hydrogen) atoms. The van der Waals surface area contributed by atoms with Gasteiger partial charge in [0, 0.05) is 6.61 Å². The minimum absolute atomic E-state index is 0.0915. The van der Waals surface area contributed by atoms with E-state index in [4.69, 9.17) is 14.2 Å². The molecular weight excluding hydrogens is 304 g/mol. The minimum atomic E-state index is -0.973. The quantitative estimate of drug-likeness (QED) is 0.240. The number of esters is 1. The van der Waals surface area contributed by atoms with Crippen LogP contribution < -0.4 is 0 Å². The van der Waals surface area contributed by atoms with Crippen molar-refractivity contribution < 1.29 is 28.9 Å². The summed E-state index contributed by atoms with van der Waals surface area (Å²) < 4.78 is 14.9. The summed E-state index contributed by atoms with van der Waals surface area (Å²) in [4.78, 5) is 23.3. The van der Waals surface area contributed by atoms with E-state index in [1.165, 1.54) is 0 Å². The molecule has 0 unspecified atom stereocenters. The average molecular weight is 330 g/mol. The van der Waals surface area contributed by atoms with Gasteiger partial charge in [-0.05, 0) is 34.1 Å². The number of carbonyl (C=O) groups is 2. The number of unbranched alkanes of at least 4 members (excludes halogenated alkanes) is 1. The summed E-state index contributed by atoms with van der Waals surface area (Å²) in [5, 5.41) is 16.6. The van der Waals surface area contributed by atoms with Crippen LogP contribution in [0.5, 0.6) is 0 Å². The van der Waals surface area contributed by atoms with Crippen molar-refractivity contribution in [2.24, 2.45) is 10.2 Å². The van der Waals surface area contributed by atoms with Crippen molar-refractivity contribution in [1.82, 2.24) is 0 Å². The molecule has 8 nitrogen and oxygen atoms in total. The number of nitrogens with zero attached hydrogens (tertiary/aromatic N) is 2. The summed E-state index contributed by atoms with van der Waals surface area (Å²) in [5.74, 6) is -1.34. The van der Waals surface area contributed by atoms with Crippen molar-refractivity contribution >= 4 is 12.1 Å². The molecule has 0 atom stereocenters. The van der Waals surface area contributed by atoms with Crippen LogP contribution >= 0.6 is 0 Å². The first-order chi connectivity index (χ1) is 10.7. The SMILES string of the molecule is CCCCOCC(O)=C(N=NC(=O)OC(C)(C)C)C(=O)OCC. The fourth-order valence-corrected chi connectivity index (χ4v) is 1.27. The van der Waals surface area contributed by atoms with Gasteiger partial charge in [0.25, 0.3) is 0 Å². The van der Waals surface area contributed by atoms with E-state index >= 15 is 0 Å². The lowest BCUT2D eigenvalue weighted by Crippen LogP contribution is -2.21. The second kappa shape index (κ2) is 10.7. The second-order valence-electron chi connectivity index (χ2n) is 5.60. The number of azo groups is 1. The molecule has 0 saturated heterocycles. The molecule has 0 fully saturated rings. The third-order valence-corrected chi connectivity index (χ3v) is 2.25. The molecule has 0 saturated carbocycles. The van der Waals surface area contributed by atoms with E-state index in [2.05, 4.69) is 10.2 Å². The Morgan fingerprint density at radius 1 is 1.13 bits per heavy atom. The highest BCUT2D eigenvalue weighted by Crippen LogP contribution is 2.12. The minimum Gasteiger partial charge on any atom is -0.507 e. The van der Waals surface area contributed by atoms with Gasteiger partial charge in [0.2, 0.25) is 5.70 Å². The molecule has 0 rings (SSSR count). The molecular formula is C15H26N2O6. The van der Waals surface area contributed by atoms with Crippen molar-refractivity contribution in [2.75, 3.05) is 19.8 Å². The van der Waals surface area contributed by atoms with Crippen LogP contribution in [0.4, 0.5) is 4.79 Å². The van der Waals surface area contributed by atoms with E-state index in [-0.39, 0.29) is 13.2 Å². The maximum Gasteiger partial charge on any atom is 0.452 e. The Morgan fingerprint density at radius 3 is 2.30 bits per heavy atom. The Bertz CT molecular complexity index is 451. The Hall–Kier alpha value is -1.96. The zero-order valence-electron chi connectivity index (χ0n) is 14.4. The molecule has 0 bridgehead atoms. The van der Waals surface area contributed by atoms with E-state index in [9.17, 15) is 14.7 Å². The van der Waals surface area contributed by atoms with Crippen molar-refractivity contribution in [2.45, 2.75) is 53.1 Å². The Kier molecular flexibility index (Phi) is 9.80. The van der Waals surface area contributed by atoms with E-state index in [1.807, 2.05) is 6.92 Å². The van der Waals surface area contributed by atoms with Crippen LogP contribution in [0.25, 0.3) is 0 Å². The number of aliphatic hydroxyl groups is 1. The number of carbonyl (C=O) groups excluding carboxylic acids is 2. The van der Waals surface area contributed by atoms with E-state index in [0.29, 0.717) is 6.61 Å². The normalized spacial score (nSPS) is 12.9. The van der Waals surface area contributed by atoms with Crippen LogP contribution in [-0.4, -0.2) is 42.6 Å². The van der Waals surface area contributed by atoms with Crippen molar-refractivity contribution in [1.29, 1.82) is 0 Å². The van der Waals surface area contributed by atoms with E-state index in [0.717, 1.165) is 12.8 Å². The second-order valence-corrected chi connectivity index (χ2v) is 5.60. The van der Waals surface area contributed by atoms with E-state index in [1.54, 1.807) is 27.7 Å². The first kappa shape index (κ1) is 21.0. The Balaban J connectivity index is 4.99. The summed E-state index contributed by atoms with van der Waals surface area (Å²) >= 11 is 0. The summed E-state index contributed by atoms with van der Waals surface area (Å²) in [6.45, 7) is 8.91. The van der Waals surface area contributed by atoms with Crippen molar-refractivity contribution in [3.05, 3.63) is 11.5 Å². The predicted octanol–water partition coefficient (Wildman–Crippen LogP) is 3.52. The zero-order valence-corrected chi connectivity index (χ0v) is 14.4. The van der Waals surface area contributed by atoms with Gasteiger partial charge in [-0.15, -0.1) is 5.11 Å². The lowest BCUT2D eigenvalue weighted by atomic mass is 10.2. The molecule has 0 aliphatic carbocycles. The van der Waals surface area contributed by atoms with Gasteiger partial charge in [0.1, 0.15) is 12.2 Å². The molecule has 132 valence electrons. The molecule has 0 heterocycles. The molecule has 0 spiro atoms. The molecule has 0 aliphatic heterocycles. The number of hydrogen-bond donors (Lipinski definition) is 1. The fraction of sp³-hybridized carbons (Fsp3) is 0.733. The standard InChI is InChI=1S/C15H26N2O6/c1-6-8-9-21-10-11(18)12(13(19)22-7-2)16-17-14(20)23-15(3,4)5/h18H,6-10H2,1-5H3. The van der Waals surface area contributed by atoms with Gasteiger partial charge in [0.05, 0.1) is 6.61 Å². The van der Waals surface area contributed by atoms with E-state index < -0.39 is 29.1 Å². The first-order valence-corrected chi connectivity index (χ1v) is 7.53. The molecule has 8 heteroatoms. The fourth-order valence-electron chi connectivity index (χ4n) is 1.27. The Labute approximate surface area is 136 Å². The molecule has 1 N–H and O–H groups in total. The van der Waals surface area contributed by atoms with Crippen LogP contribution in [0, 0.1) is 0 Å². The maximum atomic E-state index is 11.8. The van der Waals surface area contributed by atoms with Gasteiger partial charge in [-0.3, -0.25) is 0 Å². The molecule has 0 aromatic carbocycles. The van der Waals surface area contributed by atoms with Crippen molar-refractivity contribution in [3.63, 3.8) is 0 Å². The number of rotatable bonds is 8. The summed E-state index contributed by atoms with van der Waals surface area (Å²) in [6, 6.07) is 0. The monoisotopic (exact) mass is 330 g/mol. The van der Waals surface area contributed by atoms with Gasteiger partial charge in [-0.2, -0.15) is 0 Å². The third-order valence-electron chi connectivity index (χ3n) is 2.25. The molecule has 0 aromatic rings. The lowest BCUT2D eigenvalue weighted by Gasteiger charge is -2.16. The van der Waals surface area contributed by atoms with Gasteiger partial charge < -0.3 is 19.3 Å². The van der Waals surface area contributed by atoms with Crippen molar-refractivity contribution in [3.8, 4) is 0 Å². The summed E-state index contributed by atoms with van der Waals surface area (Å²) in [5.41, 5.74) is -1.22. The van der Waals surface area contributed by atoms with Gasteiger partial charge in [0.15, 0.2) is 5.76 Å². The highest BCUT2D eigenvalue weighted by molar-refractivity contribution is 5.88. The maximum absolute atomic E-state index is 11.8. The van der Waals surface area contributed by atoms with Crippen LogP contribution in [0.1, 0.15) is 47.5 Å². The molecule has 1 amide bonds. The number of ether oxygens (including phenoxy) is 3. The van der Waals surface area contributed by atoms with Crippen LogP contribution in [-0.2, 0) is 19.0 Å². The third kappa shape index (κ3) is 10.4. The zero-order chi connectivity index (χ0) is 17.9. The largest absolute Gasteiger partial charge is 0.507 e. The number of aliphatic hydroxyl groups excluding tert-OH is 1. The number of amides is 1. The lowest BCUT2D eigenvalue weighted by molar-refractivity contribution is -0.138. The summed E-state index contributed by atoms with van der Waals surface area (Å²) in [6.07, 6.45) is 0.786. The van der Waals surface area contributed by atoms with Crippen LogP contribution in [0.15, 0.2) is 21.7 Å². The van der Waals surface area contributed by atoms with Gasteiger partial charge in [-0.1, -0.05) is 18.5 Å². The number of hydrogen-bond acceptors (Lipinski definition) is 7. The smallest absolute Gasteiger partial charge is 0.452 e.